The normalized spacial score (nSPS) is 25.7. The molecule has 1 spiro atoms. The summed E-state index contributed by atoms with van der Waals surface area (Å²) in [5.74, 6) is 0. The van der Waals surface area contributed by atoms with E-state index in [1.165, 1.54) is 42.5 Å². The van der Waals surface area contributed by atoms with Gasteiger partial charge in [-0.15, -0.1) is 0 Å². The molecule has 3 aliphatic rings. The van der Waals surface area contributed by atoms with Crippen LogP contribution in [0.2, 0.25) is 5.02 Å². The standard InChI is InChI=1S/C32H19ClF12O3P/c33-20-16-14-18(15-17-20)25-26(19-8-2-1-3-9-19)49(46-25,23-12-6-4-10-21(23)27(47-49,29(34,35)36)30(37,38)39)24-13-7-5-11-22(24)28(48-49,31(40,41)42)32(43,44)45/h1-17,25-26H/q-1. The van der Waals surface area contributed by atoms with Gasteiger partial charge < -0.3 is 0 Å². The van der Waals surface area contributed by atoms with Crippen LogP contribution in [-0.2, 0) is 24.8 Å². The molecule has 2 atom stereocenters. The SMILES string of the molecule is FC(F)(F)C1(C(F)(F)F)O[P-]23(OC(c4ccc(Cl)cc4)C2c2ccccc2)(OC(C(F)(F)F)(C(F)(F)F)c2ccccc23)c2ccccc21. The van der Waals surface area contributed by atoms with E-state index < -0.39 is 76.0 Å². The zero-order valence-electron chi connectivity index (χ0n) is 24.1. The minimum absolute atomic E-state index is 0.0697. The van der Waals surface area contributed by atoms with Gasteiger partial charge in [-0.2, -0.15) is 0 Å². The average molecular weight is 746 g/mol. The van der Waals surface area contributed by atoms with Gasteiger partial charge in [-0.1, -0.05) is 0 Å². The number of alkyl halides is 12. The Morgan fingerprint density at radius 1 is 0.490 bits per heavy atom. The van der Waals surface area contributed by atoms with Gasteiger partial charge in [-0.25, -0.2) is 0 Å². The maximum atomic E-state index is 15.4. The molecule has 3 aliphatic heterocycles. The van der Waals surface area contributed by atoms with Crippen molar-refractivity contribution in [2.45, 2.75) is 47.7 Å². The van der Waals surface area contributed by atoms with Crippen LogP contribution in [0.3, 0.4) is 0 Å². The summed E-state index contributed by atoms with van der Waals surface area (Å²) in [6.45, 7) is -8.33. The topological polar surface area (TPSA) is 27.7 Å². The zero-order chi connectivity index (χ0) is 35.7. The summed E-state index contributed by atoms with van der Waals surface area (Å²) in [7, 11) is 0. The van der Waals surface area contributed by atoms with Crippen molar-refractivity contribution in [2.24, 2.45) is 0 Å². The van der Waals surface area contributed by atoms with Gasteiger partial charge in [-0.05, 0) is 0 Å². The molecule has 2 unspecified atom stereocenters. The Hall–Kier alpha value is -3.36. The summed E-state index contributed by atoms with van der Waals surface area (Å²) in [6, 6.07) is 15.9. The fraction of sp³-hybridized carbons (Fsp3) is 0.250. The third-order valence-corrected chi connectivity index (χ3v) is 16.8. The van der Waals surface area contributed by atoms with E-state index in [0.29, 0.717) is 24.3 Å². The second kappa shape index (κ2) is 9.49. The molecule has 262 valence electrons. The Labute approximate surface area is 273 Å². The number of hydrogen-bond acceptors (Lipinski definition) is 3. The van der Waals surface area contributed by atoms with Crippen LogP contribution in [0.25, 0.3) is 0 Å². The van der Waals surface area contributed by atoms with Crippen LogP contribution in [0.1, 0.15) is 34.0 Å². The van der Waals surface area contributed by atoms with E-state index in [2.05, 4.69) is 0 Å². The number of fused-ring (bicyclic) bond motifs is 2. The summed E-state index contributed by atoms with van der Waals surface area (Å²) in [5.41, 5.74) is -17.4. The van der Waals surface area contributed by atoms with Crippen molar-refractivity contribution in [3.8, 4) is 0 Å². The van der Waals surface area contributed by atoms with Crippen molar-refractivity contribution in [1.29, 1.82) is 0 Å². The van der Waals surface area contributed by atoms with Crippen LogP contribution in [0.4, 0.5) is 52.7 Å². The zero-order valence-corrected chi connectivity index (χ0v) is 25.7. The molecule has 0 saturated carbocycles. The first-order valence-electron chi connectivity index (χ1n) is 14.2. The molecule has 0 bridgehead atoms. The van der Waals surface area contributed by atoms with Crippen LogP contribution in [0.5, 0.6) is 0 Å². The predicted octanol–water partition coefficient (Wildman–Crippen LogP) is 10.3. The Bertz CT molecular complexity index is 1870. The number of halogens is 13. The van der Waals surface area contributed by atoms with Gasteiger partial charge >= 0.3 is 273 Å². The molecule has 4 aromatic carbocycles. The minimum atomic E-state index is -8.33. The van der Waals surface area contributed by atoms with Crippen LogP contribution in [0, 0.1) is 0 Å². The first kappa shape index (κ1) is 34.1. The van der Waals surface area contributed by atoms with E-state index in [0.717, 1.165) is 36.4 Å². The summed E-state index contributed by atoms with van der Waals surface area (Å²) < 4.78 is 201. The van der Waals surface area contributed by atoms with Crippen LogP contribution in [-0.4, -0.2) is 24.7 Å². The Morgan fingerprint density at radius 2 is 0.878 bits per heavy atom. The second-order valence-electron chi connectivity index (χ2n) is 12.0. The molecular formula is C32H19ClF12O3P-. The quantitative estimate of drug-likeness (QED) is 0.151. The first-order valence-corrected chi connectivity index (χ1v) is 17.0. The molecule has 0 aromatic heterocycles. The molecule has 0 amide bonds. The summed E-state index contributed by atoms with van der Waals surface area (Å²) in [6.07, 6.45) is -28.0. The van der Waals surface area contributed by atoms with Gasteiger partial charge in [0.05, 0.1) is 0 Å². The van der Waals surface area contributed by atoms with Gasteiger partial charge in [0.25, 0.3) is 0 Å². The summed E-state index contributed by atoms with van der Waals surface area (Å²) >= 11 is 6.00. The molecule has 17 heteroatoms. The second-order valence-corrected chi connectivity index (χ2v) is 17.4. The molecule has 3 heterocycles. The molecule has 49 heavy (non-hydrogen) atoms. The molecule has 1 saturated heterocycles. The van der Waals surface area contributed by atoms with Crippen LogP contribution < -0.4 is 10.6 Å². The molecule has 0 aliphatic carbocycles. The molecule has 4 aromatic rings. The summed E-state index contributed by atoms with van der Waals surface area (Å²) in [5, 5.41) is -2.64. The summed E-state index contributed by atoms with van der Waals surface area (Å²) in [4.78, 5) is 0. The van der Waals surface area contributed by atoms with Crippen LogP contribution in [0.15, 0.2) is 103 Å². The number of rotatable bonds is 2. The van der Waals surface area contributed by atoms with Crippen LogP contribution >= 0.6 is 18.2 Å². The van der Waals surface area contributed by atoms with Gasteiger partial charge in [0.2, 0.25) is 0 Å². The van der Waals surface area contributed by atoms with E-state index in [4.69, 9.17) is 25.2 Å². The molecule has 7 rings (SSSR count). The van der Waals surface area contributed by atoms with E-state index >= 15 is 52.7 Å². The number of hydrogen-bond donors (Lipinski definition) is 0. The van der Waals surface area contributed by atoms with Crippen molar-refractivity contribution < 1.29 is 66.3 Å². The van der Waals surface area contributed by atoms with E-state index in [9.17, 15) is 0 Å². The molecule has 1 fully saturated rings. The Balaban J connectivity index is 1.78. The van der Waals surface area contributed by atoms with Crippen molar-refractivity contribution in [1.82, 2.24) is 0 Å². The monoisotopic (exact) mass is 745 g/mol. The van der Waals surface area contributed by atoms with E-state index in [1.807, 2.05) is 0 Å². The van der Waals surface area contributed by atoms with Crippen molar-refractivity contribution >= 4 is 28.8 Å². The molecule has 3 nitrogen and oxygen atoms in total. The van der Waals surface area contributed by atoms with Crippen molar-refractivity contribution in [3.05, 3.63) is 130 Å². The number of benzene rings is 4. The molecule has 0 radical (unpaired) electrons. The average Bonchev–Trinajstić information content (AvgIpc) is 3.44. The molecular weight excluding hydrogens is 727 g/mol. The van der Waals surface area contributed by atoms with Gasteiger partial charge in [0.15, 0.2) is 0 Å². The van der Waals surface area contributed by atoms with Crippen molar-refractivity contribution in [3.63, 3.8) is 0 Å². The third-order valence-electron chi connectivity index (χ3n) is 9.59. The van der Waals surface area contributed by atoms with Gasteiger partial charge in [-0.3, -0.25) is 0 Å². The Morgan fingerprint density at radius 3 is 1.29 bits per heavy atom. The molecule has 0 N–H and O–H groups in total. The maximum absolute atomic E-state index is 15.4. The predicted molar refractivity (Wildman–Crippen MR) is 153 cm³/mol. The van der Waals surface area contributed by atoms with E-state index in [-0.39, 0.29) is 16.1 Å². The first-order chi connectivity index (χ1) is 22.6. The van der Waals surface area contributed by atoms with E-state index in [1.54, 1.807) is 0 Å². The Kier molecular flexibility index (Phi) is 6.61. The van der Waals surface area contributed by atoms with Crippen molar-refractivity contribution in [2.75, 3.05) is 0 Å². The van der Waals surface area contributed by atoms with Gasteiger partial charge in [0, 0.05) is 0 Å². The fourth-order valence-electron chi connectivity index (χ4n) is 7.94. The third kappa shape index (κ3) is 3.62. The van der Waals surface area contributed by atoms with Gasteiger partial charge in [0.1, 0.15) is 0 Å². The fourth-order valence-corrected chi connectivity index (χ4v) is 16.6.